The second kappa shape index (κ2) is 4.65. The Kier molecular flexibility index (Phi) is 3.77. The first-order valence-electron chi connectivity index (χ1n) is 4.07. The maximum atomic E-state index is 8.97. The first kappa shape index (κ1) is 11.3. The maximum absolute atomic E-state index is 8.97. The van der Waals surface area contributed by atoms with Gasteiger partial charge in [-0.05, 0) is 32.3 Å². The fourth-order valence-electron chi connectivity index (χ4n) is 1.19. The van der Waals surface area contributed by atoms with E-state index in [4.69, 9.17) is 28.5 Å². The minimum atomic E-state index is -0.360. The van der Waals surface area contributed by atoms with Crippen molar-refractivity contribution < 1.29 is 0 Å². The second-order valence-electron chi connectivity index (χ2n) is 3.16. The normalized spacial score (nSPS) is 12.6. The molecule has 0 fully saturated rings. The fourth-order valence-corrected chi connectivity index (χ4v) is 1.59. The molecule has 1 aromatic carbocycles. The van der Waals surface area contributed by atoms with Crippen LogP contribution in [0.5, 0.6) is 0 Å². The average Bonchev–Trinajstić information content (AvgIpc) is 2.11. The van der Waals surface area contributed by atoms with Gasteiger partial charge in [0.25, 0.3) is 0 Å². The lowest BCUT2D eigenvalue weighted by molar-refractivity contribution is 0.358. The molecule has 0 unspecified atom stereocenters. The highest BCUT2D eigenvalue weighted by atomic mass is 35.5. The van der Waals surface area contributed by atoms with Gasteiger partial charge in [0.2, 0.25) is 0 Å². The van der Waals surface area contributed by atoms with E-state index < -0.39 is 0 Å². The van der Waals surface area contributed by atoms with Crippen LogP contribution in [0.25, 0.3) is 0 Å². The number of rotatable bonds is 2. The van der Waals surface area contributed by atoms with Crippen LogP contribution in [0.4, 0.5) is 0 Å². The Morgan fingerprint density at radius 1 is 1.36 bits per heavy atom. The van der Waals surface area contributed by atoms with Crippen molar-refractivity contribution in [2.75, 3.05) is 14.1 Å². The zero-order chi connectivity index (χ0) is 10.7. The third kappa shape index (κ3) is 2.39. The molecule has 0 aliphatic heterocycles. The minimum absolute atomic E-state index is 0.360. The molecular weight excluding hydrogens is 219 g/mol. The first-order valence-corrected chi connectivity index (χ1v) is 4.83. The van der Waals surface area contributed by atoms with E-state index in [1.165, 1.54) is 0 Å². The molecule has 0 aliphatic carbocycles. The second-order valence-corrected chi connectivity index (χ2v) is 4.00. The number of hydrogen-bond donors (Lipinski definition) is 0. The fraction of sp³-hybridized carbons (Fsp3) is 0.300. The maximum Gasteiger partial charge on any atom is 0.124 e. The first-order chi connectivity index (χ1) is 6.56. The molecule has 0 bridgehead atoms. The van der Waals surface area contributed by atoms with Crippen LogP contribution in [0.3, 0.4) is 0 Å². The predicted molar refractivity (Wildman–Crippen MR) is 58.5 cm³/mol. The van der Waals surface area contributed by atoms with Gasteiger partial charge < -0.3 is 0 Å². The third-order valence-electron chi connectivity index (χ3n) is 1.89. The molecule has 0 saturated carbocycles. The van der Waals surface area contributed by atoms with Crippen molar-refractivity contribution in [2.45, 2.75) is 6.04 Å². The zero-order valence-corrected chi connectivity index (χ0v) is 9.47. The van der Waals surface area contributed by atoms with Crippen molar-refractivity contribution in [3.63, 3.8) is 0 Å². The Morgan fingerprint density at radius 3 is 2.50 bits per heavy atom. The highest BCUT2D eigenvalue weighted by molar-refractivity contribution is 6.33. The Hall–Kier alpha value is -0.750. The van der Waals surface area contributed by atoms with Crippen LogP contribution in [-0.4, -0.2) is 19.0 Å². The molecule has 0 heterocycles. The largest absolute Gasteiger partial charge is 0.290 e. The molecule has 0 radical (unpaired) electrons. The number of nitrogens with zero attached hydrogens (tertiary/aromatic N) is 2. The van der Waals surface area contributed by atoms with Crippen molar-refractivity contribution in [2.24, 2.45) is 0 Å². The molecule has 1 rings (SSSR count). The molecule has 74 valence electrons. The summed E-state index contributed by atoms with van der Waals surface area (Å²) in [7, 11) is 3.65. The van der Waals surface area contributed by atoms with Crippen LogP contribution in [0.1, 0.15) is 11.6 Å². The van der Waals surface area contributed by atoms with Crippen LogP contribution in [0.15, 0.2) is 18.2 Å². The zero-order valence-electron chi connectivity index (χ0n) is 7.96. The van der Waals surface area contributed by atoms with Gasteiger partial charge in [0.15, 0.2) is 0 Å². The summed E-state index contributed by atoms with van der Waals surface area (Å²) in [6.07, 6.45) is 0. The molecule has 4 heteroatoms. The summed E-state index contributed by atoms with van der Waals surface area (Å²) in [5.74, 6) is 0. The molecular formula is C10H10Cl2N2. The number of benzene rings is 1. The van der Waals surface area contributed by atoms with E-state index in [1.54, 1.807) is 23.1 Å². The molecule has 1 aromatic rings. The van der Waals surface area contributed by atoms with Crippen LogP contribution >= 0.6 is 23.2 Å². The summed E-state index contributed by atoms with van der Waals surface area (Å²) in [4.78, 5) is 1.79. The number of halogens is 2. The van der Waals surface area contributed by atoms with E-state index in [2.05, 4.69) is 6.07 Å². The van der Waals surface area contributed by atoms with Gasteiger partial charge in [-0.25, -0.2) is 0 Å². The lowest BCUT2D eigenvalue weighted by Gasteiger charge is -2.18. The average molecular weight is 229 g/mol. The summed E-state index contributed by atoms with van der Waals surface area (Å²) >= 11 is 11.8. The van der Waals surface area contributed by atoms with Gasteiger partial charge in [-0.2, -0.15) is 5.26 Å². The molecule has 1 atom stereocenters. The van der Waals surface area contributed by atoms with Crippen LogP contribution in [0, 0.1) is 11.3 Å². The molecule has 2 nitrogen and oxygen atoms in total. The topological polar surface area (TPSA) is 27.0 Å². The van der Waals surface area contributed by atoms with Crippen molar-refractivity contribution in [3.8, 4) is 6.07 Å². The van der Waals surface area contributed by atoms with Gasteiger partial charge >= 0.3 is 0 Å². The van der Waals surface area contributed by atoms with Gasteiger partial charge in [0, 0.05) is 15.6 Å². The van der Waals surface area contributed by atoms with Gasteiger partial charge in [-0.3, -0.25) is 4.90 Å². The van der Waals surface area contributed by atoms with Crippen molar-refractivity contribution >= 4 is 23.2 Å². The highest BCUT2D eigenvalue weighted by Gasteiger charge is 2.16. The van der Waals surface area contributed by atoms with E-state index in [1.807, 2.05) is 14.1 Å². The van der Waals surface area contributed by atoms with Gasteiger partial charge in [-0.15, -0.1) is 0 Å². The van der Waals surface area contributed by atoms with E-state index in [9.17, 15) is 0 Å². The van der Waals surface area contributed by atoms with Crippen LogP contribution in [0.2, 0.25) is 10.0 Å². The Bertz CT molecular complexity index is 369. The summed E-state index contributed by atoms with van der Waals surface area (Å²) in [5, 5.41) is 10.1. The summed E-state index contributed by atoms with van der Waals surface area (Å²) in [6.45, 7) is 0. The smallest absolute Gasteiger partial charge is 0.124 e. The minimum Gasteiger partial charge on any atom is -0.290 e. The van der Waals surface area contributed by atoms with E-state index in [0.29, 0.717) is 10.0 Å². The quantitative estimate of drug-likeness (QED) is 0.778. The summed E-state index contributed by atoms with van der Waals surface area (Å²) < 4.78 is 0. The van der Waals surface area contributed by atoms with Gasteiger partial charge in [0.05, 0.1) is 6.07 Å². The molecule has 0 aromatic heterocycles. The standard InChI is InChI=1S/C10H10Cl2N2/c1-14(2)10(6-13)8-5-7(11)3-4-9(8)12/h3-5,10H,1-2H3/t10-/m0/s1. The molecule has 0 saturated heterocycles. The van der Waals surface area contributed by atoms with E-state index >= 15 is 0 Å². The Morgan fingerprint density at radius 2 is 2.00 bits per heavy atom. The number of hydrogen-bond acceptors (Lipinski definition) is 2. The van der Waals surface area contributed by atoms with Crippen LogP contribution < -0.4 is 0 Å². The SMILES string of the molecule is CN(C)[C@@H](C#N)c1cc(Cl)ccc1Cl. The molecule has 0 aliphatic rings. The highest BCUT2D eigenvalue weighted by Crippen LogP contribution is 2.28. The summed E-state index contributed by atoms with van der Waals surface area (Å²) in [5.41, 5.74) is 0.742. The van der Waals surface area contributed by atoms with Gasteiger partial charge in [-0.1, -0.05) is 23.2 Å². The molecule has 0 spiro atoms. The summed E-state index contributed by atoms with van der Waals surface area (Å²) in [6, 6.07) is 6.94. The van der Waals surface area contributed by atoms with E-state index in [-0.39, 0.29) is 6.04 Å². The molecule has 0 amide bonds. The van der Waals surface area contributed by atoms with Gasteiger partial charge in [0.1, 0.15) is 6.04 Å². The van der Waals surface area contributed by atoms with Crippen molar-refractivity contribution in [1.82, 2.24) is 4.90 Å². The number of nitriles is 1. The third-order valence-corrected chi connectivity index (χ3v) is 2.47. The Balaban J connectivity index is 3.17. The molecule has 14 heavy (non-hydrogen) atoms. The Labute approximate surface area is 93.7 Å². The predicted octanol–water partition coefficient (Wildman–Crippen LogP) is 3.12. The van der Waals surface area contributed by atoms with Crippen molar-refractivity contribution in [3.05, 3.63) is 33.8 Å². The van der Waals surface area contributed by atoms with Crippen LogP contribution in [-0.2, 0) is 0 Å². The van der Waals surface area contributed by atoms with Crippen molar-refractivity contribution in [1.29, 1.82) is 5.26 Å². The molecule has 0 N–H and O–H groups in total. The monoisotopic (exact) mass is 228 g/mol. The van der Waals surface area contributed by atoms with E-state index in [0.717, 1.165) is 5.56 Å². The lowest BCUT2D eigenvalue weighted by Crippen LogP contribution is -2.18. The lowest BCUT2D eigenvalue weighted by atomic mass is 10.1.